The van der Waals surface area contributed by atoms with Crippen LogP contribution in [0.3, 0.4) is 0 Å². The zero-order chi connectivity index (χ0) is 26.2. The van der Waals surface area contributed by atoms with Crippen molar-refractivity contribution in [2.75, 3.05) is 25.0 Å². The van der Waals surface area contributed by atoms with E-state index >= 15 is 0 Å². The van der Waals surface area contributed by atoms with Gasteiger partial charge in [0, 0.05) is 42.4 Å². The highest BCUT2D eigenvalue weighted by Gasteiger charge is 2.64. The number of halogens is 2. The number of amides is 4. The number of benzene rings is 2. The Labute approximate surface area is 217 Å². The third-order valence-electron chi connectivity index (χ3n) is 6.74. The van der Waals surface area contributed by atoms with Crippen LogP contribution in [0.25, 0.3) is 0 Å². The molecule has 1 N–H and O–H groups in total. The average molecular weight is 529 g/mol. The van der Waals surface area contributed by atoms with E-state index < -0.39 is 29.4 Å². The van der Waals surface area contributed by atoms with Crippen molar-refractivity contribution >= 4 is 52.7 Å². The Bertz CT molecular complexity index is 1270. The number of likely N-dealkylation sites (tertiary alicyclic amines) is 1. The first-order chi connectivity index (χ1) is 17.1. The number of likely N-dealkylation sites (N-methyl/N-ethyl adjacent to an activating group) is 1. The van der Waals surface area contributed by atoms with Crippen molar-refractivity contribution in [2.45, 2.75) is 30.7 Å². The molecule has 1 spiro atoms. The maximum absolute atomic E-state index is 14.1. The summed E-state index contributed by atoms with van der Waals surface area (Å²) in [4.78, 5) is 55.2. The lowest BCUT2D eigenvalue weighted by Crippen LogP contribution is -2.54. The lowest BCUT2D eigenvalue weighted by atomic mass is 9.80. The molecule has 2 aliphatic heterocycles. The minimum atomic E-state index is -1.41. The molecule has 2 aliphatic rings. The van der Waals surface area contributed by atoms with E-state index in [2.05, 4.69) is 6.07 Å². The number of hydrogen-bond acceptors (Lipinski definition) is 5. The molecule has 9 nitrogen and oxygen atoms in total. The summed E-state index contributed by atoms with van der Waals surface area (Å²) in [6.07, 6.45) is 0.0153. The van der Waals surface area contributed by atoms with Crippen molar-refractivity contribution in [3.8, 4) is 6.07 Å². The van der Waals surface area contributed by atoms with Crippen LogP contribution in [0.5, 0.6) is 0 Å². The molecule has 11 heteroatoms. The average Bonchev–Trinajstić information content (AvgIpc) is 3.32. The molecule has 2 fully saturated rings. The number of urea groups is 1. The molecule has 2 atom stereocenters. The van der Waals surface area contributed by atoms with Crippen molar-refractivity contribution in [1.29, 1.82) is 5.26 Å². The zero-order valence-corrected chi connectivity index (χ0v) is 20.8. The van der Waals surface area contributed by atoms with Gasteiger partial charge in [-0.3, -0.25) is 14.4 Å². The van der Waals surface area contributed by atoms with Gasteiger partial charge in [0.15, 0.2) is 0 Å². The Morgan fingerprint density at radius 2 is 1.75 bits per heavy atom. The summed E-state index contributed by atoms with van der Waals surface area (Å²) in [5, 5.41) is 18.6. The van der Waals surface area contributed by atoms with Crippen LogP contribution in [0.15, 0.2) is 42.5 Å². The minimum Gasteiger partial charge on any atom is -0.481 e. The minimum absolute atomic E-state index is 0.00192. The molecule has 2 aromatic carbocycles. The number of hydrogen-bond donors (Lipinski definition) is 1. The topological polar surface area (TPSA) is 122 Å². The van der Waals surface area contributed by atoms with E-state index in [9.17, 15) is 24.4 Å². The van der Waals surface area contributed by atoms with E-state index in [4.69, 9.17) is 28.3 Å². The first kappa shape index (κ1) is 25.5. The van der Waals surface area contributed by atoms with E-state index in [1.54, 1.807) is 24.3 Å². The fourth-order valence-electron chi connectivity index (χ4n) is 4.94. The fourth-order valence-corrected chi connectivity index (χ4v) is 5.46. The molecular formula is C25H22Cl2N4O5. The quantitative estimate of drug-likeness (QED) is 0.567. The standard InChI is InChI=1S/C25H22Cl2N4O5/c1-29-24(36)31(19-10-17(26)9-18(27)11-19)23(35)25(29)14-30(21(32)3-2-4-22(33)34)13-20(25)16-7-5-15(12-28)6-8-16/h5-11,20H,2-4,13-14H2,1H3,(H,33,34)/t20-,25-/m1/s1. The van der Waals surface area contributed by atoms with Gasteiger partial charge in [0.25, 0.3) is 5.91 Å². The molecule has 2 aromatic rings. The number of carboxylic acid groups (broad SMARTS) is 1. The van der Waals surface area contributed by atoms with Crippen molar-refractivity contribution in [3.63, 3.8) is 0 Å². The van der Waals surface area contributed by atoms with Gasteiger partial charge in [-0.25, -0.2) is 9.69 Å². The van der Waals surface area contributed by atoms with Crippen molar-refractivity contribution in [2.24, 2.45) is 0 Å². The predicted molar refractivity (Wildman–Crippen MR) is 132 cm³/mol. The SMILES string of the molecule is CN1C(=O)N(c2cc(Cl)cc(Cl)c2)C(=O)[C@]12CN(C(=O)CCCC(=O)O)C[C@@H]2c1ccc(C#N)cc1. The van der Waals surface area contributed by atoms with E-state index in [-0.39, 0.29) is 54.0 Å². The van der Waals surface area contributed by atoms with Crippen molar-refractivity contribution in [1.82, 2.24) is 9.80 Å². The molecular weight excluding hydrogens is 507 g/mol. The Kier molecular flexibility index (Phi) is 6.94. The van der Waals surface area contributed by atoms with E-state index in [0.29, 0.717) is 11.1 Å². The second-order valence-electron chi connectivity index (χ2n) is 8.84. The molecule has 0 aliphatic carbocycles. The number of aliphatic carboxylic acids is 1. The maximum atomic E-state index is 14.1. The van der Waals surface area contributed by atoms with Gasteiger partial charge < -0.3 is 14.9 Å². The summed E-state index contributed by atoms with van der Waals surface area (Å²) in [6.45, 7) is 0.0841. The summed E-state index contributed by atoms with van der Waals surface area (Å²) in [7, 11) is 1.52. The van der Waals surface area contributed by atoms with Crippen LogP contribution in [0.2, 0.25) is 10.0 Å². The highest BCUT2D eigenvalue weighted by molar-refractivity contribution is 6.35. The monoisotopic (exact) mass is 528 g/mol. The molecule has 0 aromatic heterocycles. The van der Waals surface area contributed by atoms with Crippen LogP contribution >= 0.6 is 23.2 Å². The fraction of sp³-hybridized carbons (Fsp3) is 0.320. The molecule has 0 saturated carbocycles. The summed E-state index contributed by atoms with van der Waals surface area (Å²) in [5.41, 5.74) is -0.0719. The molecule has 2 heterocycles. The highest BCUT2D eigenvalue weighted by Crippen LogP contribution is 2.46. The lowest BCUT2D eigenvalue weighted by molar-refractivity contribution is -0.137. The van der Waals surface area contributed by atoms with Gasteiger partial charge in [-0.2, -0.15) is 5.26 Å². The highest BCUT2D eigenvalue weighted by atomic mass is 35.5. The number of imide groups is 1. The van der Waals surface area contributed by atoms with Gasteiger partial charge >= 0.3 is 12.0 Å². The first-order valence-corrected chi connectivity index (χ1v) is 11.9. The van der Waals surface area contributed by atoms with Crippen LogP contribution in [0.1, 0.15) is 36.3 Å². The van der Waals surface area contributed by atoms with Gasteiger partial charge in [-0.05, 0) is 42.3 Å². The van der Waals surface area contributed by atoms with Gasteiger partial charge in [-0.15, -0.1) is 0 Å². The van der Waals surface area contributed by atoms with Gasteiger partial charge in [-0.1, -0.05) is 35.3 Å². The second-order valence-corrected chi connectivity index (χ2v) is 9.71. The third kappa shape index (κ3) is 4.38. The smallest absolute Gasteiger partial charge is 0.332 e. The summed E-state index contributed by atoms with van der Waals surface area (Å²) < 4.78 is 0. The largest absolute Gasteiger partial charge is 0.481 e. The van der Waals surface area contributed by atoms with Gasteiger partial charge in [0.05, 0.1) is 23.9 Å². The molecule has 186 valence electrons. The molecule has 0 unspecified atom stereocenters. The number of anilines is 1. The Morgan fingerprint density at radius 1 is 1.11 bits per heavy atom. The molecule has 36 heavy (non-hydrogen) atoms. The third-order valence-corrected chi connectivity index (χ3v) is 7.18. The number of nitriles is 1. The molecule has 0 radical (unpaired) electrons. The number of carboxylic acids is 1. The van der Waals surface area contributed by atoms with Crippen LogP contribution in [-0.2, 0) is 14.4 Å². The normalized spacial score (nSPS) is 21.4. The van der Waals surface area contributed by atoms with Gasteiger partial charge in [0.2, 0.25) is 5.91 Å². The van der Waals surface area contributed by atoms with E-state index in [1.807, 2.05) is 0 Å². The Morgan fingerprint density at radius 3 is 2.33 bits per heavy atom. The summed E-state index contributed by atoms with van der Waals surface area (Å²) >= 11 is 12.3. The summed E-state index contributed by atoms with van der Waals surface area (Å²) in [6, 6.07) is 12.6. The summed E-state index contributed by atoms with van der Waals surface area (Å²) in [5.74, 6) is -2.41. The van der Waals surface area contributed by atoms with Crippen LogP contribution in [0, 0.1) is 11.3 Å². The van der Waals surface area contributed by atoms with Crippen LogP contribution in [-0.4, -0.2) is 64.4 Å². The maximum Gasteiger partial charge on any atom is 0.332 e. The predicted octanol–water partition coefficient (Wildman–Crippen LogP) is 3.88. The lowest BCUT2D eigenvalue weighted by Gasteiger charge is -2.33. The number of carbonyl (C=O) groups excluding carboxylic acids is 3. The van der Waals surface area contributed by atoms with Crippen LogP contribution in [0.4, 0.5) is 10.5 Å². The first-order valence-electron chi connectivity index (χ1n) is 11.2. The molecule has 0 bridgehead atoms. The van der Waals surface area contributed by atoms with Crippen LogP contribution < -0.4 is 4.90 Å². The van der Waals surface area contributed by atoms with E-state index in [1.165, 1.54) is 35.0 Å². The Balaban J connectivity index is 1.75. The van der Waals surface area contributed by atoms with E-state index in [0.717, 1.165) is 4.90 Å². The second kappa shape index (κ2) is 9.80. The van der Waals surface area contributed by atoms with Gasteiger partial charge in [0.1, 0.15) is 5.54 Å². The van der Waals surface area contributed by atoms with Crippen molar-refractivity contribution in [3.05, 3.63) is 63.6 Å². The molecule has 2 saturated heterocycles. The number of rotatable bonds is 6. The number of carbonyl (C=O) groups is 4. The van der Waals surface area contributed by atoms with Crippen molar-refractivity contribution < 1.29 is 24.3 Å². The zero-order valence-electron chi connectivity index (χ0n) is 19.3. The Hall–Kier alpha value is -3.61. The number of nitrogens with zero attached hydrogens (tertiary/aromatic N) is 4. The molecule has 4 rings (SSSR count). The molecule has 4 amide bonds.